The first-order valence-corrected chi connectivity index (χ1v) is 6.18. The van der Waals surface area contributed by atoms with Crippen LogP contribution in [0.15, 0.2) is 23.3 Å². The molecule has 0 fully saturated rings. The fourth-order valence-corrected chi connectivity index (χ4v) is 2.18. The van der Waals surface area contributed by atoms with Gasteiger partial charge in [-0.1, -0.05) is 23.3 Å². The summed E-state index contributed by atoms with van der Waals surface area (Å²) in [5.74, 6) is -0.158. The zero-order valence-electron chi connectivity index (χ0n) is 13.7. The van der Waals surface area contributed by atoms with Crippen LogP contribution in [0.25, 0.3) is 0 Å². The van der Waals surface area contributed by atoms with Gasteiger partial charge in [0.2, 0.25) is 0 Å². The average Bonchev–Trinajstić information content (AvgIpc) is 2.27. The van der Waals surface area contributed by atoms with Crippen molar-refractivity contribution in [2.75, 3.05) is 0 Å². The molecule has 0 aliphatic heterocycles. The molecule has 1 heteroatoms. The lowest BCUT2D eigenvalue weighted by Gasteiger charge is -2.34. The summed E-state index contributed by atoms with van der Waals surface area (Å²) in [6.07, 6.45) is 7.35. The fourth-order valence-electron chi connectivity index (χ4n) is 2.18. The topological polar surface area (TPSA) is 20.2 Å². The van der Waals surface area contributed by atoms with E-state index in [9.17, 15) is 5.11 Å². The predicted octanol–water partition coefficient (Wildman–Crippen LogP) is 4.23. The van der Waals surface area contributed by atoms with Gasteiger partial charge in [0, 0.05) is 4.11 Å². The summed E-state index contributed by atoms with van der Waals surface area (Å²) < 4.78 is 23.1. The van der Waals surface area contributed by atoms with Gasteiger partial charge in [-0.2, -0.15) is 0 Å². The first-order valence-electron chi connectivity index (χ1n) is 7.68. The summed E-state index contributed by atoms with van der Waals surface area (Å²) in [7, 11) is 0. The lowest BCUT2D eigenvalue weighted by Crippen LogP contribution is -2.35. The first-order chi connectivity index (χ1) is 8.67. The highest BCUT2D eigenvalue weighted by Gasteiger charge is 2.31. The molecule has 1 rings (SSSR count). The fraction of sp³-hybridized carbons (Fsp3) is 0.733. The molecule has 0 saturated heterocycles. The smallest absolute Gasteiger partial charge is 0.0653 e. The van der Waals surface area contributed by atoms with Crippen LogP contribution in [0, 0.1) is 5.92 Å². The Kier molecular flexibility index (Phi) is 3.36. The lowest BCUT2D eigenvalue weighted by molar-refractivity contribution is -0.0122. The Morgan fingerprint density at radius 1 is 1.69 bits per heavy atom. The van der Waals surface area contributed by atoms with Crippen molar-refractivity contribution in [1.29, 1.82) is 0 Å². The third-order valence-electron chi connectivity index (χ3n) is 3.39. The number of rotatable bonds is 4. The second kappa shape index (κ2) is 5.67. The Labute approximate surface area is 104 Å². The number of hydrogen-bond acceptors (Lipinski definition) is 1. The van der Waals surface area contributed by atoms with Gasteiger partial charge in [-0.25, -0.2) is 0 Å². The summed E-state index contributed by atoms with van der Waals surface area (Å²) in [5.41, 5.74) is 0.900. The molecule has 0 aromatic rings. The first kappa shape index (κ1) is 9.47. The zero-order valence-corrected chi connectivity index (χ0v) is 10.7. The molecule has 0 unspecified atom stereocenters. The van der Waals surface area contributed by atoms with Gasteiger partial charge in [-0.15, -0.1) is 0 Å². The van der Waals surface area contributed by atoms with Crippen molar-refractivity contribution in [1.82, 2.24) is 0 Å². The van der Waals surface area contributed by atoms with Gasteiger partial charge >= 0.3 is 0 Å². The molecule has 0 radical (unpaired) electrons. The average molecular weight is 225 g/mol. The minimum Gasteiger partial charge on any atom is -0.390 e. The summed E-state index contributed by atoms with van der Waals surface area (Å²) >= 11 is 0. The molecule has 1 aliphatic carbocycles. The van der Waals surface area contributed by atoms with E-state index in [1.165, 1.54) is 5.57 Å². The molecular formula is C15H26O. The zero-order chi connectivity index (χ0) is 14.7. The summed E-state index contributed by atoms with van der Waals surface area (Å²) in [6.45, 7) is 3.72. The monoisotopic (exact) mass is 225 g/mol. The molecule has 92 valence electrons. The molecule has 0 amide bonds. The van der Waals surface area contributed by atoms with Crippen molar-refractivity contribution >= 4 is 0 Å². The molecule has 0 aromatic heterocycles. The van der Waals surface area contributed by atoms with E-state index >= 15 is 0 Å². The molecule has 0 aromatic carbocycles. The number of hydrogen-bond donors (Lipinski definition) is 1. The van der Waals surface area contributed by atoms with Crippen molar-refractivity contribution in [3.63, 3.8) is 0 Å². The molecule has 1 aliphatic rings. The summed E-state index contributed by atoms with van der Waals surface area (Å²) in [4.78, 5) is 0. The second-order valence-electron chi connectivity index (χ2n) is 5.27. The lowest BCUT2D eigenvalue weighted by atomic mass is 9.76. The molecule has 16 heavy (non-hydrogen) atoms. The molecule has 0 bridgehead atoms. The Hall–Kier alpha value is -0.560. The summed E-state index contributed by atoms with van der Waals surface area (Å²) in [5, 5.41) is 10.8. The van der Waals surface area contributed by atoms with Crippen LogP contribution in [0.3, 0.4) is 0 Å². The van der Waals surface area contributed by atoms with E-state index in [1.807, 2.05) is 19.9 Å². The number of allylic oxidation sites excluding steroid dienone is 4. The van der Waals surface area contributed by atoms with Crippen LogP contribution in [-0.2, 0) is 0 Å². The maximum absolute atomic E-state index is 10.8. The Morgan fingerprint density at radius 3 is 2.94 bits per heavy atom. The van der Waals surface area contributed by atoms with E-state index in [1.54, 1.807) is 0 Å². The molecule has 0 heterocycles. The predicted molar refractivity (Wildman–Crippen MR) is 70.4 cm³/mol. The van der Waals surface area contributed by atoms with E-state index < -0.39 is 12.5 Å². The third kappa shape index (κ3) is 4.13. The van der Waals surface area contributed by atoms with Crippen LogP contribution < -0.4 is 0 Å². The minimum absolute atomic E-state index is 0.158. The SMILES string of the molecule is [2H]C([2H])([2H])[C@@](O)(CCC=C(C)C)[C@@H]1CC=C(C)CC1. The van der Waals surface area contributed by atoms with E-state index in [2.05, 4.69) is 13.0 Å². The Balaban J connectivity index is 2.85. The van der Waals surface area contributed by atoms with Crippen LogP contribution in [0.4, 0.5) is 0 Å². The molecule has 1 nitrogen and oxygen atoms in total. The van der Waals surface area contributed by atoms with E-state index in [0.29, 0.717) is 19.3 Å². The van der Waals surface area contributed by atoms with Crippen LogP contribution in [0.1, 0.15) is 63.8 Å². The highest BCUT2D eigenvalue weighted by Crippen LogP contribution is 2.34. The van der Waals surface area contributed by atoms with Crippen molar-refractivity contribution in [2.45, 2.75) is 65.3 Å². The van der Waals surface area contributed by atoms with Crippen LogP contribution in [0.2, 0.25) is 0 Å². The molecule has 0 saturated carbocycles. The van der Waals surface area contributed by atoms with Crippen LogP contribution >= 0.6 is 0 Å². The van der Waals surface area contributed by atoms with Crippen LogP contribution in [0.5, 0.6) is 0 Å². The minimum atomic E-state index is -2.31. The van der Waals surface area contributed by atoms with Crippen molar-refractivity contribution in [2.24, 2.45) is 5.92 Å². The van der Waals surface area contributed by atoms with Crippen molar-refractivity contribution < 1.29 is 9.22 Å². The van der Waals surface area contributed by atoms with Gasteiger partial charge in [-0.05, 0) is 65.6 Å². The Morgan fingerprint density at radius 2 is 2.44 bits per heavy atom. The maximum atomic E-state index is 10.8. The maximum Gasteiger partial charge on any atom is 0.0653 e. The summed E-state index contributed by atoms with van der Waals surface area (Å²) in [6, 6.07) is 0. The highest BCUT2D eigenvalue weighted by molar-refractivity contribution is 5.06. The van der Waals surface area contributed by atoms with E-state index in [4.69, 9.17) is 4.11 Å². The van der Waals surface area contributed by atoms with Crippen molar-refractivity contribution in [3.05, 3.63) is 23.3 Å². The van der Waals surface area contributed by atoms with Crippen molar-refractivity contribution in [3.8, 4) is 0 Å². The number of aliphatic hydroxyl groups is 1. The standard InChI is InChI=1S/C15H26O/c1-12(2)6-5-11-15(4,16)14-9-7-13(3)8-10-14/h6-7,14,16H,5,8-11H2,1-4H3/t14-,15-/m1/s1/i4D3. The van der Waals surface area contributed by atoms with Gasteiger partial charge in [0.25, 0.3) is 0 Å². The van der Waals surface area contributed by atoms with E-state index in [-0.39, 0.29) is 5.92 Å². The van der Waals surface area contributed by atoms with E-state index in [0.717, 1.165) is 18.4 Å². The normalized spacial score (nSPS) is 28.1. The van der Waals surface area contributed by atoms with Gasteiger partial charge in [0.1, 0.15) is 0 Å². The van der Waals surface area contributed by atoms with Gasteiger partial charge in [-0.3, -0.25) is 0 Å². The van der Waals surface area contributed by atoms with Crippen LogP contribution in [-0.4, -0.2) is 10.7 Å². The quantitative estimate of drug-likeness (QED) is 0.710. The van der Waals surface area contributed by atoms with Gasteiger partial charge in [0.15, 0.2) is 0 Å². The molecule has 2 atom stereocenters. The molecule has 1 N–H and O–H groups in total. The second-order valence-corrected chi connectivity index (χ2v) is 5.27. The molecular weight excluding hydrogens is 196 g/mol. The third-order valence-corrected chi connectivity index (χ3v) is 3.39. The van der Waals surface area contributed by atoms with Gasteiger partial charge in [0.05, 0.1) is 5.60 Å². The van der Waals surface area contributed by atoms with Gasteiger partial charge < -0.3 is 5.11 Å². The Bertz CT molecular complexity index is 364. The largest absolute Gasteiger partial charge is 0.390 e. The molecule has 0 spiro atoms. The highest BCUT2D eigenvalue weighted by atomic mass is 16.3.